The van der Waals surface area contributed by atoms with Gasteiger partial charge in [-0.05, 0) is 31.4 Å². The molecule has 1 aromatic heterocycles. The smallest absolute Gasteiger partial charge is 0.241 e. The van der Waals surface area contributed by atoms with Gasteiger partial charge >= 0.3 is 0 Å². The average Bonchev–Trinajstić information content (AvgIpc) is 3.23. The van der Waals surface area contributed by atoms with Gasteiger partial charge in [0, 0.05) is 25.6 Å². The fourth-order valence-corrected chi connectivity index (χ4v) is 3.30. The van der Waals surface area contributed by atoms with Crippen LogP contribution in [-0.2, 0) is 4.79 Å². The van der Waals surface area contributed by atoms with Gasteiger partial charge < -0.3 is 9.32 Å². The summed E-state index contributed by atoms with van der Waals surface area (Å²) in [6, 6.07) is 7.78. The largest absolute Gasteiger partial charge is 0.440 e. The Hall–Kier alpha value is -1.92. The molecule has 1 amide bonds. The number of nitrogens with one attached hydrogen (secondary N) is 2. The Labute approximate surface area is 128 Å². The summed E-state index contributed by atoms with van der Waals surface area (Å²) < 4.78 is 5.87. The molecule has 2 N–H and O–H groups in total. The molecule has 0 spiro atoms. The van der Waals surface area contributed by atoms with Gasteiger partial charge in [0.1, 0.15) is 11.6 Å². The SMILES string of the molecule is O=C(C1CCNN1)N1CCC(c2nc3ccccc3o2)CC1. The van der Waals surface area contributed by atoms with Crippen LogP contribution in [0.15, 0.2) is 28.7 Å². The third-order valence-corrected chi connectivity index (χ3v) is 4.60. The molecule has 2 fully saturated rings. The summed E-state index contributed by atoms with van der Waals surface area (Å²) in [5, 5.41) is 0. The maximum Gasteiger partial charge on any atom is 0.241 e. The molecule has 1 aromatic carbocycles. The first kappa shape index (κ1) is 13.7. The lowest BCUT2D eigenvalue weighted by Crippen LogP contribution is -2.48. The fraction of sp³-hybridized carbons (Fsp3) is 0.500. The van der Waals surface area contributed by atoms with E-state index in [-0.39, 0.29) is 11.9 Å². The second kappa shape index (κ2) is 5.70. The van der Waals surface area contributed by atoms with Crippen LogP contribution in [0.1, 0.15) is 31.1 Å². The summed E-state index contributed by atoms with van der Waals surface area (Å²) in [6.45, 7) is 2.41. The van der Waals surface area contributed by atoms with Crippen LogP contribution in [0.4, 0.5) is 0 Å². The molecular weight excluding hydrogens is 280 g/mol. The van der Waals surface area contributed by atoms with Crippen LogP contribution in [-0.4, -0.2) is 41.5 Å². The fourth-order valence-electron chi connectivity index (χ4n) is 3.30. The number of nitrogens with zero attached hydrogens (tertiary/aromatic N) is 2. The number of aromatic nitrogens is 1. The maximum absolute atomic E-state index is 12.4. The number of hydrogen-bond acceptors (Lipinski definition) is 5. The van der Waals surface area contributed by atoms with Crippen molar-refractivity contribution in [3.63, 3.8) is 0 Å². The lowest BCUT2D eigenvalue weighted by Gasteiger charge is -2.32. The van der Waals surface area contributed by atoms with Crippen molar-refractivity contribution in [3.05, 3.63) is 30.2 Å². The molecule has 1 atom stereocenters. The number of carbonyl (C=O) groups is 1. The Morgan fingerprint density at radius 2 is 2.05 bits per heavy atom. The minimum atomic E-state index is -0.0686. The van der Waals surface area contributed by atoms with E-state index in [0.717, 1.165) is 55.9 Å². The third-order valence-electron chi connectivity index (χ3n) is 4.60. The molecule has 3 heterocycles. The molecule has 0 radical (unpaired) electrons. The van der Waals surface area contributed by atoms with E-state index < -0.39 is 0 Å². The van der Waals surface area contributed by atoms with Crippen molar-refractivity contribution in [2.24, 2.45) is 0 Å². The second-order valence-corrected chi connectivity index (χ2v) is 6.03. The number of fused-ring (bicyclic) bond motifs is 1. The molecule has 1 unspecified atom stereocenters. The second-order valence-electron chi connectivity index (χ2n) is 6.03. The van der Waals surface area contributed by atoms with Gasteiger partial charge in [0.2, 0.25) is 5.91 Å². The molecule has 4 rings (SSSR count). The van der Waals surface area contributed by atoms with Gasteiger partial charge in [-0.15, -0.1) is 0 Å². The summed E-state index contributed by atoms with van der Waals surface area (Å²) in [6.07, 6.45) is 2.70. The first-order valence-electron chi connectivity index (χ1n) is 7.94. The van der Waals surface area contributed by atoms with Crippen LogP contribution < -0.4 is 10.9 Å². The molecule has 2 aliphatic rings. The van der Waals surface area contributed by atoms with Crippen LogP contribution in [0.5, 0.6) is 0 Å². The molecule has 6 heteroatoms. The summed E-state index contributed by atoms with van der Waals surface area (Å²) in [5.41, 5.74) is 7.82. The van der Waals surface area contributed by atoms with E-state index >= 15 is 0 Å². The highest BCUT2D eigenvalue weighted by molar-refractivity contribution is 5.82. The number of amides is 1. The quantitative estimate of drug-likeness (QED) is 0.877. The predicted octanol–water partition coefficient (Wildman–Crippen LogP) is 1.40. The highest BCUT2D eigenvalue weighted by atomic mass is 16.3. The van der Waals surface area contributed by atoms with Gasteiger partial charge in [0.25, 0.3) is 0 Å². The van der Waals surface area contributed by atoms with Crippen molar-refractivity contribution < 1.29 is 9.21 Å². The number of hydrazine groups is 1. The number of rotatable bonds is 2. The van der Waals surface area contributed by atoms with Crippen LogP contribution in [0.25, 0.3) is 11.1 Å². The number of oxazole rings is 1. The number of carbonyl (C=O) groups excluding carboxylic acids is 1. The van der Waals surface area contributed by atoms with Gasteiger partial charge in [-0.1, -0.05) is 12.1 Å². The normalized spacial score (nSPS) is 23.3. The van der Waals surface area contributed by atoms with E-state index in [1.807, 2.05) is 29.2 Å². The molecule has 0 saturated carbocycles. The highest BCUT2D eigenvalue weighted by Gasteiger charge is 2.31. The lowest BCUT2D eigenvalue weighted by molar-refractivity contribution is -0.134. The van der Waals surface area contributed by atoms with Crippen molar-refractivity contribution in [3.8, 4) is 0 Å². The summed E-state index contributed by atoms with van der Waals surface area (Å²) in [7, 11) is 0. The Balaban J connectivity index is 1.41. The van der Waals surface area contributed by atoms with E-state index in [9.17, 15) is 4.79 Å². The van der Waals surface area contributed by atoms with Gasteiger partial charge in [-0.2, -0.15) is 0 Å². The lowest BCUT2D eigenvalue weighted by atomic mass is 9.96. The molecule has 116 valence electrons. The van der Waals surface area contributed by atoms with Crippen molar-refractivity contribution in [2.45, 2.75) is 31.2 Å². The molecule has 2 aromatic rings. The molecule has 0 aliphatic carbocycles. The molecule has 0 bridgehead atoms. The first-order valence-corrected chi connectivity index (χ1v) is 7.94. The first-order chi connectivity index (χ1) is 10.8. The zero-order valence-electron chi connectivity index (χ0n) is 12.4. The predicted molar refractivity (Wildman–Crippen MR) is 82.1 cm³/mol. The molecule has 6 nitrogen and oxygen atoms in total. The molecule has 22 heavy (non-hydrogen) atoms. The van der Waals surface area contributed by atoms with E-state index in [1.54, 1.807) is 0 Å². The summed E-state index contributed by atoms with van der Waals surface area (Å²) in [4.78, 5) is 18.9. The highest BCUT2D eigenvalue weighted by Crippen LogP contribution is 2.30. The Morgan fingerprint density at radius 3 is 2.77 bits per heavy atom. The van der Waals surface area contributed by atoms with Crippen LogP contribution in [0.2, 0.25) is 0 Å². The molecule has 2 aliphatic heterocycles. The van der Waals surface area contributed by atoms with Crippen molar-refractivity contribution in [1.29, 1.82) is 0 Å². The topological polar surface area (TPSA) is 70.4 Å². The van der Waals surface area contributed by atoms with Gasteiger partial charge in [0.05, 0.1) is 0 Å². The van der Waals surface area contributed by atoms with Crippen LogP contribution in [0, 0.1) is 0 Å². The molecule has 2 saturated heterocycles. The maximum atomic E-state index is 12.4. The Bertz CT molecular complexity index is 637. The van der Waals surface area contributed by atoms with Crippen LogP contribution >= 0.6 is 0 Å². The van der Waals surface area contributed by atoms with Gasteiger partial charge in [-0.25, -0.2) is 10.4 Å². The van der Waals surface area contributed by atoms with Gasteiger partial charge in [0.15, 0.2) is 11.5 Å². The van der Waals surface area contributed by atoms with E-state index in [4.69, 9.17) is 4.42 Å². The van der Waals surface area contributed by atoms with E-state index in [0.29, 0.717) is 5.92 Å². The number of para-hydroxylation sites is 2. The van der Waals surface area contributed by atoms with Gasteiger partial charge in [-0.3, -0.25) is 10.2 Å². The van der Waals surface area contributed by atoms with Crippen molar-refractivity contribution >= 4 is 17.0 Å². The van der Waals surface area contributed by atoms with E-state index in [1.165, 1.54) is 0 Å². The Morgan fingerprint density at radius 1 is 1.23 bits per heavy atom. The van der Waals surface area contributed by atoms with Crippen molar-refractivity contribution in [2.75, 3.05) is 19.6 Å². The van der Waals surface area contributed by atoms with Crippen molar-refractivity contribution in [1.82, 2.24) is 20.7 Å². The van der Waals surface area contributed by atoms with Crippen LogP contribution in [0.3, 0.4) is 0 Å². The van der Waals surface area contributed by atoms with E-state index in [2.05, 4.69) is 15.8 Å². The Kier molecular flexibility index (Phi) is 3.56. The zero-order valence-corrected chi connectivity index (χ0v) is 12.4. The average molecular weight is 300 g/mol. The summed E-state index contributed by atoms with van der Waals surface area (Å²) >= 11 is 0. The molecular formula is C16H20N4O2. The summed E-state index contributed by atoms with van der Waals surface area (Å²) in [5.74, 6) is 1.33. The monoisotopic (exact) mass is 300 g/mol. The minimum Gasteiger partial charge on any atom is -0.440 e. The standard InChI is InChI=1S/C16H20N4O2/c21-16(13-5-8-17-19-13)20-9-6-11(7-10-20)15-18-12-3-1-2-4-14(12)22-15/h1-4,11,13,17,19H,5-10H2. The third kappa shape index (κ3) is 2.48. The zero-order chi connectivity index (χ0) is 14.9. The number of hydrogen-bond donors (Lipinski definition) is 2. The minimum absolute atomic E-state index is 0.0686. The number of piperidine rings is 1. The number of benzene rings is 1. The number of likely N-dealkylation sites (tertiary alicyclic amines) is 1.